The summed E-state index contributed by atoms with van der Waals surface area (Å²) in [5.41, 5.74) is 6.15. The van der Waals surface area contributed by atoms with Crippen molar-refractivity contribution in [1.82, 2.24) is 14.9 Å². The number of aryl methyl sites for hydroxylation is 1. The molecule has 1 aliphatic heterocycles. The standard InChI is InChI=1S/C30H31ClN4O3S/c1-19-16-24(20(2)34(19)21-8-7-9-23(17-21)37-4)29-28(26-10-5-6-13-32-26)33-30(39)35(29)22-11-12-27(25(31)18-22)38-15-14-36-3/h5-13,16-18,28-29H,14-15H2,1-4H3,(H,33,39)/t28-,29-/m1/s1. The van der Waals surface area contributed by atoms with Crippen molar-refractivity contribution in [1.29, 1.82) is 0 Å². The Labute approximate surface area is 239 Å². The van der Waals surface area contributed by atoms with Crippen molar-refractivity contribution in [2.24, 2.45) is 0 Å². The molecule has 0 amide bonds. The van der Waals surface area contributed by atoms with Gasteiger partial charge in [0, 0.05) is 42.1 Å². The van der Waals surface area contributed by atoms with Crippen LogP contribution in [-0.4, -0.2) is 42.1 Å². The number of anilines is 1. The predicted octanol–water partition coefficient (Wildman–Crippen LogP) is 6.35. The normalized spacial score (nSPS) is 16.8. The lowest BCUT2D eigenvalue weighted by Gasteiger charge is -2.28. The predicted molar refractivity (Wildman–Crippen MR) is 159 cm³/mol. The van der Waals surface area contributed by atoms with Gasteiger partial charge in [-0.1, -0.05) is 23.7 Å². The van der Waals surface area contributed by atoms with Crippen LogP contribution in [0.3, 0.4) is 0 Å². The molecule has 0 bridgehead atoms. The summed E-state index contributed by atoms with van der Waals surface area (Å²) >= 11 is 12.6. The first-order chi connectivity index (χ1) is 18.9. The van der Waals surface area contributed by atoms with Gasteiger partial charge < -0.3 is 29.0 Å². The highest BCUT2D eigenvalue weighted by Gasteiger charge is 2.42. The van der Waals surface area contributed by atoms with Crippen LogP contribution < -0.4 is 19.7 Å². The number of pyridine rings is 1. The van der Waals surface area contributed by atoms with Crippen molar-refractivity contribution in [3.05, 3.63) is 101 Å². The van der Waals surface area contributed by atoms with Gasteiger partial charge >= 0.3 is 0 Å². The lowest BCUT2D eigenvalue weighted by molar-refractivity contribution is 0.146. The summed E-state index contributed by atoms with van der Waals surface area (Å²) in [6.45, 7) is 5.14. The highest BCUT2D eigenvalue weighted by atomic mass is 35.5. The molecule has 0 radical (unpaired) electrons. The third kappa shape index (κ3) is 5.32. The summed E-state index contributed by atoms with van der Waals surface area (Å²) in [7, 11) is 3.32. The quantitative estimate of drug-likeness (QED) is 0.188. The van der Waals surface area contributed by atoms with Gasteiger partial charge in [-0.2, -0.15) is 0 Å². The molecule has 0 saturated carbocycles. The Morgan fingerprint density at radius 3 is 2.54 bits per heavy atom. The number of nitrogens with one attached hydrogen (secondary N) is 1. The molecule has 7 nitrogen and oxygen atoms in total. The average molecular weight is 563 g/mol. The van der Waals surface area contributed by atoms with Crippen molar-refractivity contribution in [2.45, 2.75) is 25.9 Å². The Balaban J connectivity index is 1.60. The second-order valence-electron chi connectivity index (χ2n) is 9.32. The van der Waals surface area contributed by atoms with Crippen molar-refractivity contribution in [2.75, 3.05) is 32.3 Å². The largest absolute Gasteiger partial charge is 0.497 e. The molecule has 39 heavy (non-hydrogen) atoms. The molecule has 9 heteroatoms. The van der Waals surface area contributed by atoms with Gasteiger partial charge in [0.05, 0.1) is 36.5 Å². The van der Waals surface area contributed by atoms with E-state index in [9.17, 15) is 0 Å². The average Bonchev–Trinajstić information content (AvgIpc) is 3.44. The fourth-order valence-corrected chi connectivity index (χ4v) is 5.75. The number of halogens is 1. The summed E-state index contributed by atoms with van der Waals surface area (Å²) in [5, 5.41) is 4.64. The Morgan fingerprint density at radius 2 is 1.82 bits per heavy atom. The summed E-state index contributed by atoms with van der Waals surface area (Å²) < 4.78 is 18.6. The van der Waals surface area contributed by atoms with Crippen molar-refractivity contribution >= 4 is 34.6 Å². The summed E-state index contributed by atoms with van der Waals surface area (Å²) in [4.78, 5) is 6.80. The first-order valence-corrected chi connectivity index (χ1v) is 13.5. The van der Waals surface area contributed by atoms with Gasteiger partial charge in [-0.15, -0.1) is 0 Å². The van der Waals surface area contributed by atoms with Crippen LogP contribution in [0.5, 0.6) is 11.5 Å². The molecule has 2 atom stereocenters. The third-order valence-electron chi connectivity index (χ3n) is 6.94. The molecule has 1 saturated heterocycles. The van der Waals surface area contributed by atoms with Crippen LogP contribution >= 0.6 is 23.8 Å². The van der Waals surface area contributed by atoms with Gasteiger partial charge in [0.15, 0.2) is 5.11 Å². The molecular formula is C30H31ClN4O3S. The Bertz CT molecular complexity index is 1480. The SMILES string of the molecule is COCCOc1ccc(N2C(=S)N[C@H](c3ccccn3)[C@H]2c2cc(C)n(-c3cccc(OC)c3)c2C)cc1Cl. The number of hydrogen-bond acceptors (Lipinski definition) is 5. The minimum absolute atomic E-state index is 0.172. The molecule has 4 aromatic rings. The number of rotatable bonds is 9. The van der Waals surface area contributed by atoms with Gasteiger partial charge in [-0.25, -0.2) is 0 Å². The molecule has 5 rings (SSSR count). The zero-order valence-corrected chi connectivity index (χ0v) is 23.9. The van der Waals surface area contributed by atoms with Crippen LogP contribution in [0.2, 0.25) is 5.02 Å². The van der Waals surface area contributed by atoms with Crippen LogP contribution in [0.4, 0.5) is 5.69 Å². The number of hydrogen-bond donors (Lipinski definition) is 1. The smallest absolute Gasteiger partial charge is 0.174 e. The second-order valence-corrected chi connectivity index (χ2v) is 10.1. The van der Waals surface area contributed by atoms with Crippen LogP contribution in [-0.2, 0) is 4.74 Å². The van der Waals surface area contributed by atoms with E-state index in [4.69, 9.17) is 38.0 Å². The van der Waals surface area contributed by atoms with Gasteiger partial charge in [0.25, 0.3) is 0 Å². The highest BCUT2D eigenvalue weighted by Crippen LogP contribution is 2.45. The molecule has 1 N–H and O–H groups in total. The molecule has 1 fully saturated rings. The Morgan fingerprint density at radius 1 is 0.974 bits per heavy atom. The molecular weight excluding hydrogens is 532 g/mol. The first kappa shape index (κ1) is 27.0. The van der Waals surface area contributed by atoms with Crippen LogP contribution in [0.15, 0.2) is 72.9 Å². The Kier molecular flexibility index (Phi) is 8.07. The van der Waals surface area contributed by atoms with E-state index in [-0.39, 0.29) is 12.1 Å². The molecule has 2 aromatic carbocycles. The lowest BCUT2D eigenvalue weighted by Crippen LogP contribution is -2.29. The molecule has 0 unspecified atom stereocenters. The molecule has 2 aromatic heterocycles. The monoisotopic (exact) mass is 562 g/mol. The first-order valence-electron chi connectivity index (χ1n) is 12.7. The fourth-order valence-electron chi connectivity index (χ4n) is 5.17. The van der Waals surface area contributed by atoms with Gasteiger partial charge in [0.1, 0.15) is 18.1 Å². The number of methoxy groups -OCH3 is 2. The van der Waals surface area contributed by atoms with Gasteiger partial charge in [-0.05, 0) is 80.2 Å². The molecule has 0 aliphatic carbocycles. The topological polar surface area (TPSA) is 60.8 Å². The summed E-state index contributed by atoms with van der Waals surface area (Å²) in [6, 6.07) is 21.6. The van der Waals surface area contributed by atoms with E-state index >= 15 is 0 Å². The number of nitrogens with zero attached hydrogens (tertiary/aromatic N) is 3. The van der Waals surface area contributed by atoms with Crippen LogP contribution in [0.25, 0.3) is 5.69 Å². The van der Waals surface area contributed by atoms with Crippen molar-refractivity contribution in [3.8, 4) is 17.2 Å². The molecule has 3 heterocycles. The number of benzene rings is 2. The lowest BCUT2D eigenvalue weighted by atomic mass is 9.96. The molecule has 202 valence electrons. The van der Waals surface area contributed by atoms with Gasteiger partial charge in [0.2, 0.25) is 0 Å². The van der Waals surface area contributed by atoms with Crippen LogP contribution in [0.1, 0.15) is 34.7 Å². The van der Waals surface area contributed by atoms with E-state index in [1.54, 1.807) is 14.2 Å². The maximum atomic E-state index is 6.67. The fraction of sp³-hybridized carbons (Fsp3) is 0.267. The summed E-state index contributed by atoms with van der Waals surface area (Å²) in [6.07, 6.45) is 1.81. The van der Waals surface area contributed by atoms with Crippen molar-refractivity contribution in [3.63, 3.8) is 0 Å². The second kappa shape index (κ2) is 11.7. The highest BCUT2D eigenvalue weighted by molar-refractivity contribution is 7.80. The van der Waals surface area contributed by atoms with E-state index in [0.29, 0.717) is 29.1 Å². The molecule has 1 aliphatic rings. The molecule has 0 spiro atoms. The van der Waals surface area contributed by atoms with Gasteiger partial charge in [-0.3, -0.25) is 4.98 Å². The minimum Gasteiger partial charge on any atom is -0.497 e. The maximum Gasteiger partial charge on any atom is 0.174 e. The zero-order chi connectivity index (χ0) is 27.5. The van der Waals surface area contributed by atoms with E-state index < -0.39 is 0 Å². The van der Waals surface area contributed by atoms with E-state index in [1.807, 2.05) is 60.8 Å². The van der Waals surface area contributed by atoms with E-state index in [1.165, 1.54) is 0 Å². The number of ether oxygens (including phenoxy) is 3. The minimum atomic E-state index is -0.172. The summed E-state index contributed by atoms with van der Waals surface area (Å²) in [5.74, 6) is 1.41. The zero-order valence-electron chi connectivity index (χ0n) is 22.3. The number of aromatic nitrogens is 2. The van der Waals surface area contributed by atoms with E-state index in [2.05, 4.69) is 45.7 Å². The maximum absolute atomic E-state index is 6.67. The van der Waals surface area contributed by atoms with Crippen LogP contribution in [0, 0.1) is 13.8 Å². The Hall–Kier alpha value is -3.59. The number of thiocarbonyl (C=S) groups is 1. The van der Waals surface area contributed by atoms with Crippen molar-refractivity contribution < 1.29 is 14.2 Å². The van der Waals surface area contributed by atoms with E-state index in [0.717, 1.165) is 39.8 Å². The third-order valence-corrected chi connectivity index (χ3v) is 7.55.